The van der Waals surface area contributed by atoms with E-state index in [-0.39, 0.29) is 31.8 Å². The number of carbonyl (C=O) groups is 5. The van der Waals surface area contributed by atoms with Gasteiger partial charge in [0.25, 0.3) is 0 Å². The molecule has 1 aromatic carbocycles. The van der Waals surface area contributed by atoms with Gasteiger partial charge in [-0.15, -0.1) is 0 Å². The number of hydrogen-bond acceptors (Lipinski definition) is 9. The summed E-state index contributed by atoms with van der Waals surface area (Å²) in [5, 5.41) is 8.17. The monoisotopic (exact) mass is 698 g/mol. The van der Waals surface area contributed by atoms with Crippen molar-refractivity contribution >= 4 is 35.5 Å². The highest BCUT2D eigenvalue weighted by Crippen LogP contribution is 2.13. The van der Waals surface area contributed by atoms with Gasteiger partial charge in [0.05, 0.1) is 12.4 Å². The molecule has 0 radical (unpaired) electrons. The molecule has 1 heterocycles. The van der Waals surface area contributed by atoms with Gasteiger partial charge in [0.15, 0.2) is 5.96 Å². The maximum absolute atomic E-state index is 13.8. The number of carbonyl (C=O) groups excluding carboxylic acids is 5. The molecule has 2 aromatic rings. The van der Waals surface area contributed by atoms with Crippen LogP contribution in [0.15, 0.2) is 47.8 Å². The Hall–Kier alpha value is -5.03. The summed E-state index contributed by atoms with van der Waals surface area (Å²) in [6, 6.07) is 3.83. The fourth-order valence-electron chi connectivity index (χ4n) is 5.26. The zero-order valence-electron chi connectivity index (χ0n) is 29.1. The van der Waals surface area contributed by atoms with Crippen molar-refractivity contribution in [3.8, 4) is 0 Å². The van der Waals surface area contributed by atoms with Crippen LogP contribution >= 0.6 is 0 Å². The number of nitrogens with one attached hydrogen (secondary N) is 4. The van der Waals surface area contributed by atoms with Crippen molar-refractivity contribution in [3.63, 3.8) is 0 Å². The van der Waals surface area contributed by atoms with E-state index in [1.165, 1.54) is 24.5 Å². The minimum Gasteiger partial charge on any atom is -0.370 e. The average molecular weight is 699 g/mol. The second kappa shape index (κ2) is 21.1. The summed E-state index contributed by atoms with van der Waals surface area (Å²) in [6.07, 6.45) is 5.34. The van der Waals surface area contributed by atoms with Gasteiger partial charge in [-0.25, -0.2) is 4.98 Å². The summed E-state index contributed by atoms with van der Waals surface area (Å²) in [4.78, 5) is 78.9. The Morgan fingerprint density at radius 2 is 1.56 bits per heavy atom. The second-order valence-electron chi connectivity index (χ2n) is 12.5. The fraction of sp³-hybridized carbons (Fsp3) is 0.545. The summed E-state index contributed by atoms with van der Waals surface area (Å²) in [7, 11) is 1.48. The molecule has 5 amide bonds. The topological polar surface area (TPSA) is 296 Å². The van der Waals surface area contributed by atoms with Crippen molar-refractivity contribution in [3.05, 3.63) is 54.1 Å². The highest BCUT2D eigenvalue weighted by Gasteiger charge is 2.35. The van der Waals surface area contributed by atoms with E-state index in [4.69, 9.17) is 28.7 Å². The van der Waals surface area contributed by atoms with E-state index in [9.17, 15) is 24.0 Å². The third kappa shape index (κ3) is 13.8. The first-order chi connectivity index (χ1) is 23.7. The molecular formula is C33H54N12O5. The number of guanidine groups is 1. The van der Waals surface area contributed by atoms with Crippen molar-refractivity contribution in [2.24, 2.45) is 39.6 Å². The Morgan fingerprint density at radius 3 is 2.14 bits per heavy atom. The van der Waals surface area contributed by atoms with Gasteiger partial charge >= 0.3 is 0 Å². The van der Waals surface area contributed by atoms with Gasteiger partial charge in [0.2, 0.25) is 29.5 Å². The van der Waals surface area contributed by atoms with E-state index < -0.39 is 65.7 Å². The lowest BCUT2D eigenvalue weighted by atomic mass is 10.00. The molecule has 0 saturated carbocycles. The van der Waals surface area contributed by atoms with Gasteiger partial charge < -0.3 is 54.5 Å². The Labute approximate surface area is 292 Å². The molecule has 5 atom stereocenters. The number of rotatable bonds is 22. The van der Waals surface area contributed by atoms with Gasteiger partial charge in [-0.3, -0.25) is 29.0 Å². The van der Waals surface area contributed by atoms with Gasteiger partial charge in [0, 0.05) is 38.3 Å². The predicted molar refractivity (Wildman–Crippen MR) is 190 cm³/mol. The van der Waals surface area contributed by atoms with Crippen LogP contribution in [0.2, 0.25) is 0 Å². The molecular weight excluding hydrogens is 644 g/mol. The minimum absolute atomic E-state index is 0.000144. The molecule has 0 fully saturated rings. The quantitative estimate of drug-likeness (QED) is 0.0375. The number of aliphatic imine (C=N–C) groups is 1. The molecule has 17 nitrogen and oxygen atoms in total. The smallest absolute Gasteiger partial charge is 0.243 e. The van der Waals surface area contributed by atoms with Gasteiger partial charge in [-0.2, -0.15) is 0 Å². The van der Waals surface area contributed by atoms with E-state index in [2.05, 4.69) is 30.9 Å². The number of H-pyrrole nitrogens is 1. The first-order valence-corrected chi connectivity index (χ1v) is 16.7. The van der Waals surface area contributed by atoms with E-state index >= 15 is 0 Å². The van der Waals surface area contributed by atoms with Crippen LogP contribution in [-0.4, -0.2) is 101 Å². The minimum atomic E-state index is -1.18. The molecule has 2 rings (SSSR count). The van der Waals surface area contributed by atoms with Crippen LogP contribution in [0.5, 0.6) is 0 Å². The number of imidazole rings is 1. The molecule has 276 valence electrons. The molecule has 0 unspecified atom stereocenters. The molecule has 0 aliphatic heterocycles. The maximum atomic E-state index is 13.8. The molecule has 17 heteroatoms. The highest BCUT2D eigenvalue weighted by atomic mass is 16.2. The van der Waals surface area contributed by atoms with Crippen LogP contribution in [0.1, 0.15) is 57.2 Å². The van der Waals surface area contributed by atoms with Crippen LogP contribution in [0.25, 0.3) is 0 Å². The third-order valence-corrected chi connectivity index (χ3v) is 8.14. The van der Waals surface area contributed by atoms with Crippen molar-refractivity contribution < 1.29 is 24.0 Å². The summed E-state index contributed by atoms with van der Waals surface area (Å²) >= 11 is 0. The number of nitrogens with two attached hydrogens (primary N) is 5. The normalized spacial score (nSPS) is 14.0. The van der Waals surface area contributed by atoms with Crippen molar-refractivity contribution in [2.75, 3.05) is 20.1 Å². The maximum Gasteiger partial charge on any atom is 0.243 e. The standard InChI is InChI=1S/C33H54N12O5/c1-20(2)27(44-30(48)26(13-9-15-40-33(37)38)45(3)32(50)23(35)12-7-8-14-34)31(49)43-25(17-22-18-39-19-41-22)29(47)42-24(28(36)46)16-21-10-5-4-6-11-21/h4-6,10-11,18-20,23-27H,7-9,12-17,34-35H2,1-3H3,(H2,36,46)(H,39,41)(H,42,47)(H,43,49)(H,44,48)(H4,37,38,40)/t23-,24-,25-,26-,27-/m0/s1. The van der Waals surface area contributed by atoms with Crippen LogP contribution in [0.4, 0.5) is 0 Å². The molecule has 50 heavy (non-hydrogen) atoms. The third-order valence-electron chi connectivity index (χ3n) is 8.14. The zero-order valence-corrected chi connectivity index (χ0v) is 29.1. The molecule has 1 aromatic heterocycles. The number of aromatic amines is 1. The first kappa shape index (κ1) is 41.1. The van der Waals surface area contributed by atoms with Crippen molar-refractivity contribution in [2.45, 2.75) is 89.0 Å². The van der Waals surface area contributed by atoms with Gasteiger partial charge in [-0.05, 0) is 43.7 Å². The van der Waals surface area contributed by atoms with E-state index in [0.29, 0.717) is 37.9 Å². The lowest BCUT2D eigenvalue weighted by Crippen LogP contribution is -2.60. The number of likely N-dealkylation sites (N-methyl/N-ethyl adjacent to an activating group) is 1. The Morgan fingerprint density at radius 1 is 0.880 bits per heavy atom. The molecule has 0 saturated heterocycles. The largest absolute Gasteiger partial charge is 0.370 e. The SMILES string of the molecule is CC(C)[C@H](NC(=O)[C@H](CCCN=C(N)N)N(C)C(=O)[C@@H](N)CCCCN)C(=O)N[C@@H](Cc1cnc[nH]1)C(=O)N[C@@H](Cc1ccccc1)C(N)=O. The lowest BCUT2D eigenvalue weighted by molar-refractivity contribution is -0.141. The predicted octanol–water partition coefficient (Wildman–Crippen LogP) is -1.87. The molecule has 0 aliphatic rings. The Balaban J connectivity index is 2.28. The summed E-state index contributed by atoms with van der Waals surface area (Å²) < 4.78 is 0. The molecule has 14 N–H and O–H groups in total. The van der Waals surface area contributed by atoms with Crippen LogP contribution < -0.4 is 44.6 Å². The molecule has 0 bridgehead atoms. The second-order valence-corrected chi connectivity index (χ2v) is 12.5. The van der Waals surface area contributed by atoms with Gasteiger partial charge in [-0.1, -0.05) is 50.6 Å². The summed E-state index contributed by atoms with van der Waals surface area (Å²) in [5.41, 5.74) is 29.6. The van der Waals surface area contributed by atoms with Crippen LogP contribution in [-0.2, 0) is 36.8 Å². The summed E-state index contributed by atoms with van der Waals surface area (Å²) in [6.45, 7) is 4.14. The van der Waals surface area contributed by atoms with Crippen molar-refractivity contribution in [1.29, 1.82) is 0 Å². The summed E-state index contributed by atoms with van der Waals surface area (Å²) in [5.74, 6) is -3.64. The number of amides is 5. The van der Waals surface area contributed by atoms with Crippen LogP contribution in [0.3, 0.4) is 0 Å². The van der Waals surface area contributed by atoms with E-state index in [1.807, 2.05) is 6.07 Å². The zero-order chi connectivity index (χ0) is 37.2. The molecule has 0 spiro atoms. The number of primary amides is 1. The number of unbranched alkanes of at least 4 members (excludes halogenated alkanes) is 1. The number of benzene rings is 1. The number of nitrogens with zero attached hydrogens (tertiary/aromatic N) is 3. The molecule has 0 aliphatic carbocycles. The highest BCUT2D eigenvalue weighted by molar-refractivity contribution is 5.96. The Kier molecular flexibility index (Phi) is 17.4. The van der Waals surface area contributed by atoms with Crippen LogP contribution in [0, 0.1) is 5.92 Å². The first-order valence-electron chi connectivity index (χ1n) is 16.7. The fourth-order valence-corrected chi connectivity index (χ4v) is 5.26. The van der Waals surface area contributed by atoms with Crippen molar-refractivity contribution in [1.82, 2.24) is 30.8 Å². The lowest BCUT2D eigenvalue weighted by Gasteiger charge is -2.32. The van der Waals surface area contributed by atoms with E-state index in [0.717, 1.165) is 5.56 Å². The number of hydrogen-bond donors (Lipinski definition) is 9. The average Bonchev–Trinajstić information content (AvgIpc) is 3.59. The Bertz CT molecular complexity index is 1400. The van der Waals surface area contributed by atoms with E-state index in [1.54, 1.807) is 38.1 Å². The number of aromatic nitrogens is 2. The van der Waals surface area contributed by atoms with Gasteiger partial charge in [0.1, 0.15) is 24.2 Å².